The van der Waals surface area contributed by atoms with Gasteiger partial charge in [0.2, 0.25) is 0 Å². The third-order valence-corrected chi connectivity index (χ3v) is 1.86. The Morgan fingerprint density at radius 2 is 1.87 bits per heavy atom. The van der Waals surface area contributed by atoms with Crippen molar-refractivity contribution < 1.29 is 18.6 Å². The van der Waals surface area contributed by atoms with E-state index in [9.17, 15) is 13.9 Å². The van der Waals surface area contributed by atoms with Crippen molar-refractivity contribution in [3.05, 3.63) is 29.8 Å². The number of alkyl halides is 2. The molecule has 0 spiro atoms. The van der Waals surface area contributed by atoms with E-state index in [1.807, 2.05) is 0 Å². The molecule has 0 aliphatic carbocycles. The number of hydrogen-bond acceptors (Lipinski definition) is 3. The van der Waals surface area contributed by atoms with E-state index in [0.717, 1.165) is 0 Å². The maximum Gasteiger partial charge on any atom is 0.272 e. The number of aliphatic hydroxyl groups excluding tert-OH is 1. The minimum absolute atomic E-state index is 0.122. The van der Waals surface area contributed by atoms with Crippen molar-refractivity contribution in [1.29, 1.82) is 0 Å². The second kappa shape index (κ2) is 5.63. The molecule has 0 heterocycles. The Morgan fingerprint density at radius 1 is 1.27 bits per heavy atom. The second-order valence-electron chi connectivity index (χ2n) is 3.02. The van der Waals surface area contributed by atoms with Crippen molar-refractivity contribution >= 4 is 0 Å². The van der Waals surface area contributed by atoms with Crippen LogP contribution in [0.2, 0.25) is 0 Å². The molecule has 3 nitrogen and oxygen atoms in total. The molecule has 0 saturated carbocycles. The van der Waals surface area contributed by atoms with Gasteiger partial charge in [0, 0.05) is 6.54 Å². The Morgan fingerprint density at radius 3 is 2.33 bits per heavy atom. The third kappa shape index (κ3) is 3.81. The molecule has 1 aromatic rings. The van der Waals surface area contributed by atoms with E-state index in [2.05, 4.69) is 0 Å². The van der Waals surface area contributed by atoms with Gasteiger partial charge in [0.1, 0.15) is 12.4 Å². The van der Waals surface area contributed by atoms with Gasteiger partial charge in [-0.1, -0.05) is 12.1 Å². The first-order valence-corrected chi connectivity index (χ1v) is 4.52. The Hall–Kier alpha value is -1.20. The number of nitrogens with two attached hydrogens (primary N) is 1. The van der Waals surface area contributed by atoms with Crippen LogP contribution in [0.15, 0.2) is 24.3 Å². The highest BCUT2D eigenvalue weighted by molar-refractivity contribution is 5.28. The van der Waals surface area contributed by atoms with E-state index in [1.165, 1.54) is 12.1 Å². The first kappa shape index (κ1) is 11.9. The van der Waals surface area contributed by atoms with Crippen LogP contribution in [0.3, 0.4) is 0 Å². The molecular weight excluding hydrogens is 204 g/mol. The van der Waals surface area contributed by atoms with Gasteiger partial charge >= 0.3 is 0 Å². The fraction of sp³-hybridized carbons (Fsp3) is 0.400. The summed E-state index contributed by atoms with van der Waals surface area (Å²) in [5, 5.41) is 9.35. The highest BCUT2D eigenvalue weighted by Gasteiger charge is 2.06. The summed E-state index contributed by atoms with van der Waals surface area (Å²) in [6.45, 7) is -0.504. The maximum absolute atomic E-state index is 11.8. The van der Waals surface area contributed by atoms with Gasteiger partial charge in [-0.3, -0.25) is 0 Å². The Bertz CT molecular complexity index is 290. The molecule has 0 fully saturated rings. The van der Waals surface area contributed by atoms with Crippen molar-refractivity contribution in [2.45, 2.75) is 12.5 Å². The highest BCUT2D eigenvalue weighted by atomic mass is 19.3. The average Bonchev–Trinajstić information content (AvgIpc) is 2.26. The van der Waals surface area contributed by atoms with Gasteiger partial charge in [0.05, 0.1) is 6.10 Å². The predicted molar refractivity (Wildman–Crippen MR) is 52.0 cm³/mol. The summed E-state index contributed by atoms with van der Waals surface area (Å²) in [5.74, 6) is 0.350. The Balaban J connectivity index is 2.56. The lowest BCUT2D eigenvalue weighted by Crippen LogP contribution is -2.11. The Kier molecular flexibility index (Phi) is 4.45. The lowest BCUT2D eigenvalue weighted by molar-refractivity contribution is 0.0818. The van der Waals surface area contributed by atoms with Crippen LogP contribution in [-0.2, 0) is 0 Å². The summed E-state index contributed by atoms with van der Waals surface area (Å²) in [7, 11) is 0. The minimum Gasteiger partial charge on any atom is -0.488 e. The molecule has 1 rings (SSSR count). The van der Waals surface area contributed by atoms with E-state index in [1.54, 1.807) is 12.1 Å². The standard InChI is InChI=1S/C10H13F2NO2/c11-10(12)6-15-8-3-1-7(2-4-8)9(14)5-13/h1-4,9-10,14H,5-6,13H2. The molecule has 0 aliphatic rings. The zero-order valence-corrected chi connectivity index (χ0v) is 8.07. The van der Waals surface area contributed by atoms with Gasteiger partial charge in [-0.15, -0.1) is 0 Å². The first-order chi connectivity index (χ1) is 7.13. The third-order valence-electron chi connectivity index (χ3n) is 1.86. The lowest BCUT2D eigenvalue weighted by atomic mass is 10.1. The van der Waals surface area contributed by atoms with E-state index in [4.69, 9.17) is 10.5 Å². The molecule has 1 atom stereocenters. The zero-order chi connectivity index (χ0) is 11.3. The van der Waals surface area contributed by atoms with Gasteiger partial charge in [-0.25, -0.2) is 8.78 Å². The predicted octanol–water partition coefficient (Wildman–Crippen LogP) is 1.32. The molecule has 5 heteroatoms. The molecule has 0 aliphatic heterocycles. The quantitative estimate of drug-likeness (QED) is 0.782. The lowest BCUT2D eigenvalue weighted by Gasteiger charge is -2.09. The summed E-state index contributed by atoms with van der Waals surface area (Å²) >= 11 is 0. The summed E-state index contributed by atoms with van der Waals surface area (Å²) in [4.78, 5) is 0. The van der Waals surface area contributed by atoms with Gasteiger partial charge < -0.3 is 15.6 Å². The van der Waals surface area contributed by atoms with E-state index >= 15 is 0 Å². The molecule has 1 aromatic carbocycles. The smallest absolute Gasteiger partial charge is 0.272 e. The van der Waals surface area contributed by atoms with Crippen LogP contribution in [-0.4, -0.2) is 24.7 Å². The van der Waals surface area contributed by atoms with Gasteiger partial charge in [-0.05, 0) is 17.7 Å². The molecule has 0 saturated heterocycles. The van der Waals surface area contributed by atoms with Gasteiger partial charge in [0.25, 0.3) is 6.43 Å². The highest BCUT2D eigenvalue weighted by Crippen LogP contribution is 2.17. The van der Waals surface area contributed by atoms with Crippen LogP contribution >= 0.6 is 0 Å². The SMILES string of the molecule is NCC(O)c1ccc(OCC(F)F)cc1. The monoisotopic (exact) mass is 217 g/mol. The molecule has 15 heavy (non-hydrogen) atoms. The topological polar surface area (TPSA) is 55.5 Å². The fourth-order valence-corrected chi connectivity index (χ4v) is 1.08. The minimum atomic E-state index is -2.49. The molecule has 0 amide bonds. The Labute approximate surface area is 86.5 Å². The van der Waals surface area contributed by atoms with Crippen molar-refractivity contribution in [2.75, 3.05) is 13.2 Å². The summed E-state index contributed by atoms with van der Waals surface area (Å²) in [5.41, 5.74) is 5.90. The zero-order valence-electron chi connectivity index (χ0n) is 8.07. The normalized spacial score (nSPS) is 12.9. The van der Waals surface area contributed by atoms with Crippen LogP contribution in [0, 0.1) is 0 Å². The van der Waals surface area contributed by atoms with E-state index in [0.29, 0.717) is 11.3 Å². The van der Waals surface area contributed by atoms with Crippen LogP contribution in [0.4, 0.5) is 8.78 Å². The van der Waals surface area contributed by atoms with Crippen LogP contribution in [0.25, 0.3) is 0 Å². The largest absolute Gasteiger partial charge is 0.488 e. The number of halogens is 2. The number of benzene rings is 1. The van der Waals surface area contributed by atoms with E-state index in [-0.39, 0.29) is 6.54 Å². The summed E-state index contributed by atoms with van der Waals surface area (Å²) in [6.07, 6.45) is -3.21. The average molecular weight is 217 g/mol. The molecule has 1 unspecified atom stereocenters. The number of aliphatic hydroxyl groups is 1. The fourth-order valence-electron chi connectivity index (χ4n) is 1.08. The molecule has 0 radical (unpaired) electrons. The van der Waals surface area contributed by atoms with Gasteiger partial charge in [0.15, 0.2) is 0 Å². The molecule has 0 bridgehead atoms. The molecule has 3 N–H and O–H groups in total. The van der Waals surface area contributed by atoms with Crippen LogP contribution < -0.4 is 10.5 Å². The number of rotatable bonds is 5. The van der Waals surface area contributed by atoms with Crippen molar-refractivity contribution in [2.24, 2.45) is 5.73 Å². The summed E-state index contributed by atoms with van der Waals surface area (Å²) < 4.78 is 28.4. The molecule has 84 valence electrons. The van der Waals surface area contributed by atoms with Crippen molar-refractivity contribution in [3.8, 4) is 5.75 Å². The number of hydrogen-bond donors (Lipinski definition) is 2. The van der Waals surface area contributed by atoms with Gasteiger partial charge in [-0.2, -0.15) is 0 Å². The van der Waals surface area contributed by atoms with Crippen molar-refractivity contribution in [1.82, 2.24) is 0 Å². The second-order valence-corrected chi connectivity index (χ2v) is 3.02. The molecular formula is C10H13F2NO2. The number of ether oxygens (including phenoxy) is 1. The van der Waals surface area contributed by atoms with Crippen LogP contribution in [0.1, 0.15) is 11.7 Å². The van der Waals surface area contributed by atoms with E-state index < -0.39 is 19.1 Å². The molecule has 0 aromatic heterocycles. The van der Waals surface area contributed by atoms with Crippen LogP contribution in [0.5, 0.6) is 5.75 Å². The first-order valence-electron chi connectivity index (χ1n) is 4.52. The maximum atomic E-state index is 11.8. The van der Waals surface area contributed by atoms with Crippen molar-refractivity contribution in [3.63, 3.8) is 0 Å². The summed E-state index contributed by atoms with van der Waals surface area (Å²) in [6, 6.07) is 6.24.